The molecule has 1 amide bonds. The number of rotatable bonds is 7. The Hall–Kier alpha value is -1.34. The minimum atomic E-state index is -2.22. The number of diazo groups is 1. The summed E-state index contributed by atoms with van der Waals surface area (Å²) >= 11 is 16.5. The van der Waals surface area contributed by atoms with E-state index in [0.29, 0.717) is 6.42 Å². The quantitative estimate of drug-likeness (QED) is 0.228. The molecule has 0 aliphatic carbocycles. The number of amides is 1. The van der Waals surface area contributed by atoms with E-state index >= 15 is 0 Å². The summed E-state index contributed by atoms with van der Waals surface area (Å²) in [6, 6.07) is -1.18. The number of carbonyl (C=O) groups is 1. The molecule has 0 rings (SSSR count). The third kappa shape index (κ3) is 8.76. The van der Waals surface area contributed by atoms with Crippen molar-refractivity contribution < 1.29 is 14.6 Å². The number of alkyl halides is 3. The predicted molar refractivity (Wildman–Crippen MR) is 90.5 cm³/mol. The van der Waals surface area contributed by atoms with Crippen molar-refractivity contribution in [2.45, 2.75) is 49.4 Å². The van der Waals surface area contributed by atoms with Gasteiger partial charge in [-0.15, -0.1) is 5.92 Å². The molecule has 23 heavy (non-hydrogen) atoms. The molecule has 0 saturated carbocycles. The fourth-order valence-electron chi connectivity index (χ4n) is 1.46. The number of hydrogen-bond donors (Lipinski definition) is 2. The van der Waals surface area contributed by atoms with Crippen LogP contribution in [0.4, 0.5) is 0 Å². The Morgan fingerprint density at radius 3 is 2.52 bits per heavy atom. The molecule has 0 aliphatic rings. The van der Waals surface area contributed by atoms with Crippen LogP contribution in [0.2, 0.25) is 0 Å². The third-order valence-electron chi connectivity index (χ3n) is 2.57. The highest BCUT2D eigenvalue weighted by Gasteiger charge is 2.38. The number of nitrogens with one attached hydrogen (secondary N) is 1. The van der Waals surface area contributed by atoms with Crippen LogP contribution in [0.25, 0.3) is 4.98 Å². The SMILES string of the molecule is CCCCCC#CC(NC(=O)C(Cl)(Cl)Cl)/C([N+]#N)=C(\O)OCC. The summed E-state index contributed by atoms with van der Waals surface area (Å²) in [6.45, 7) is 3.81. The van der Waals surface area contributed by atoms with Crippen LogP contribution in [-0.4, -0.2) is 27.5 Å². The van der Waals surface area contributed by atoms with Gasteiger partial charge in [-0.1, -0.05) is 60.5 Å². The van der Waals surface area contributed by atoms with Crippen molar-refractivity contribution >= 4 is 40.7 Å². The van der Waals surface area contributed by atoms with Gasteiger partial charge < -0.3 is 15.2 Å². The maximum Gasteiger partial charge on any atom is 0.474 e. The molecule has 9 heteroatoms. The molecular weight excluding hydrogens is 365 g/mol. The van der Waals surface area contributed by atoms with E-state index in [2.05, 4.69) is 29.1 Å². The van der Waals surface area contributed by atoms with Crippen LogP contribution in [0.1, 0.15) is 39.5 Å². The van der Waals surface area contributed by atoms with E-state index in [9.17, 15) is 9.90 Å². The largest absolute Gasteiger partial charge is 0.475 e. The summed E-state index contributed by atoms with van der Waals surface area (Å²) < 4.78 is 2.63. The molecule has 0 aliphatic heterocycles. The Morgan fingerprint density at radius 2 is 2.04 bits per heavy atom. The second kappa shape index (κ2) is 11.2. The van der Waals surface area contributed by atoms with Gasteiger partial charge >= 0.3 is 11.6 Å². The summed E-state index contributed by atoms with van der Waals surface area (Å²) in [5.74, 6) is 3.84. The second-order valence-corrected chi connectivity index (χ2v) is 6.69. The maximum atomic E-state index is 11.8. The van der Waals surface area contributed by atoms with Crippen LogP contribution in [0.15, 0.2) is 11.6 Å². The molecule has 0 bridgehead atoms. The number of ether oxygens (including phenoxy) is 1. The van der Waals surface area contributed by atoms with Crippen molar-refractivity contribution in [3.05, 3.63) is 16.6 Å². The molecule has 0 aromatic carbocycles. The number of halogens is 3. The van der Waals surface area contributed by atoms with Crippen molar-refractivity contribution in [3.8, 4) is 11.8 Å². The zero-order valence-electron chi connectivity index (χ0n) is 12.9. The van der Waals surface area contributed by atoms with Crippen molar-refractivity contribution in [2.24, 2.45) is 0 Å². The van der Waals surface area contributed by atoms with Gasteiger partial charge in [-0.05, 0) is 13.3 Å². The normalized spacial score (nSPS) is 13.0. The number of unbranched alkanes of at least 4 members (excludes halogenated alkanes) is 3. The monoisotopic (exact) mass is 382 g/mol. The first-order valence-electron chi connectivity index (χ1n) is 7.04. The zero-order valence-corrected chi connectivity index (χ0v) is 15.2. The van der Waals surface area contributed by atoms with Gasteiger partial charge in [0, 0.05) is 6.42 Å². The van der Waals surface area contributed by atoms with Gasteiger partial charge in [-0.3, -0.25) is 4.79 Å². The highest BCUT2D eigenvalue weighted by molar-refractivity contribution is 6.76. The van der Waals surface area contributed by atoms with Gasteiger partial charge in [0.1, 0.15) is 0 Å². The lowest BCUT2D eigenvalue weighted by atomic mass is 10.1. The lowest BCUT2D eigenvalue weighted by Gasteiger charge is -2.13. The van der Waals surface area contributed by atoms with Gasteiger partial charge in [0.05, 0.1) is 6.61 Å². The molecule has 0 saturated heterocycles. The molecule has 0 fully saturated rings. The molecule has 1 atom stereocenters. The molecule has 0 aromatic heterocycles. The number of carbonyl (C=O) groups excluding carboxylic acids is 1. The van der Waals surface area contributed by atoms with Crippen LogP contribution in [-0.2, 0) is 9.53 Å². The van der Waals surface area contributed by atoms with Gasteiger partial charge in [0.15, 0.2) is 4.98 Å². The molecule has 128 valence electrons. The Labute approximate surface area is 150 Å². The van der Waals surface area contributed by atoms with Crippen LogP contribution in [0.3, 0.4) is 0 Å². The van der Waals surface area contributed by atoms with E-state index in [0.717, 1.165) is 19.3 Å². The smallest absolute Gasteiger partial charge is 0.474 e. The van der Waals surface area contributed by atoms with Crippen LogP contribution < -0.4 is 5.32 Å². The second-order valence-electron chi connectivity index (χ2n) is 4.41. The number of nitrogens with zero attached hydrogens (tertiary/aromatic N) is 2. The summed E-state index contributed by atoms with van der Waals surface area (Å²) in [6.07, 6.45) is 3.50. The van der Waals surface area contributed by atoms with E-state index in [1.54, 1.807) is 6.92 Å². The molecule has 0 aromatic rings. The lowest BCUT2D eigenvalue weighted by Crippen LogP contribution is -2.42. The van der Waals surface area contributed by atoms with E-state index in [4.69, 9.17) is 44.9 Å². The molecule has 0 heterocycles. The Balaban J connectivity index is 5.33. The van der Waals surface area contributed by atoms with Gasteiger partial charge in [-0.25, -0.2) is 0 Å². The molecule has 0 radical (unpaired) electrons. The summed E-state index contributed by atoms with van der Waals surface area (Å²) in [7, 11) is 0. The van der Waals surface area contributed by atoms with Gasteiger partial charge in [0.2, 0.25) is 11.4 Å². The first-order chi connectivity index (χ1) is 10.8. The molecule has 2 N–H and O–H groups in total. The highest BCUT2D eigenvalue weighted by Crippen LogP contribution is 2.26. The maximum absolute atomic E-state index is 11.8. The first kappa shape index (κ1) is 21.7. The average Bonchev–Trinajstić information content (AvgIpc) is 2.46. The van der Waals surface area contributed by atoms with Crippen LogP contribution >= 0.6 is 34.8 Å². The minimum Gasteiger partial charge on any atom is -0.475 e. The summed E-state index contributed by atoms with van der Waals surface area (Å²) in [5.41, 5.74) is -0.377. The summed E-state index contributed by atoms with van der Waals surface area (Å²) in [4.78, 5) is 14.7. The standard InChI is InChI=1S/C14H18Cl3N3O3/c1-3-5-6-7-8-9-10(19-13(22)14(15,16)17)11(20-18)12(21)23-4-2/h10H,3-7H2,1-2H3,(H-,19,21,22)/p+1/b12-11-. The van der Waals surface area contributed by atoms with Crippen molar-refractivity contribution in [1.82, 2.24) is 5.32 Å². The van der Waals surface area contributed by atoms with Gasteiger partial charge in [-0.2, -0.15) is 0 Å². The van der Waals surface area contributed by atoms with E-state index in [-0.39, 0.29) is 12.3 Å². The molecular formula is C14H19Cl3N3O3+. The lowest BCUT2D eigenvalue weighted by molar-refractivity contribution is -0.120. The number of aliphatic hydroxyl groups excluding tert-OH is 1. The van der Waals surface area contributed by atoms with E-state index in [1.165, 1.54) is 0 Å². The predicted octanol–water partition coefficient (Wildman–Crippen LogP) is 4.04. The Bertz CT molecular complexity index is 527. The van der Waals surface area contributed by atoms with Crippen molar-refractivity contribution in [3.63, 3.8) is 0 Å². The molecule has 1 unspecified atom stereocenters. The Morgan fingerprint density at radius 1 is 1.39 bits per heavy atom. The number of hydrogen-bond acceptors (Lipinski definition) is 4. The third-order valence-corrected chi connectivity index (χ3v) is 3.08. The Kier molecular flexibility index (Phi) is 10.6. The fourth-order valence-corrected chi connectivity index (χ4v) is 1.62. The summed E-state index contributed by atoms with van der Waals surface area (Å²) in [5, 5.41) is 21.1. The van der Waals surface area contributed by atoms with Crippen molar-refractivity contribution in [2.75, 3.05) is 6.61 Å². The van der Waals surface area contributed by atoms with Gasteiger partial charge in [0.25, 0.3) is 9.70 Å². The van der Waals surface area contributed by atoms with Crippen molar-refractivity contribution in [1.29, 1.82) is 5.39 Å². The average molecular weight is 384 g/mol. The minimum absolute atomic E-state index is 0.125. The van der Waals surface area contributed by atoms with E-state index in [1.807, 2.05) is 0 Å². The number of aliphatic hydroxyl groups is 1. The van der Waals surface area contributed by atoms with Crippen LogP contribution in [0.5, 0.6) is 0 Å². The molecule has 6 nitrogen and oxygen atoms in total. The highest BCUT2D eigenvalue weighted by atomic mass is 35.6. The van der Waals surface area contributed by atoms with Crippen LogP contribution in [0, 0.1) is 17.2 Å². The zero-order chi connectivity index (χ0) is 17.9. The fraction of sp³-hybridized carbons (Fsp3) is 0.643. The topological polar surface area (TPSA) is 86.7 Å². The first-order valence-corrected chi connectivity index (χ1v) is 8.18. The van der Waals surface area contributed by atoms with E-state index < -0.39 is 21.7 Å². The molecule has 0 spiro atoms.